The highest BCUT2D eigenvalue weighted by Crippen LogP contribution is 2.36. The molecule has 0 aromatic carbocycles. The minimum absolute atomic E-state index is 0.0534. The van der Waals surface area contributed by atoms with Crippen LogP contribution in [0.15, 0.2) is 12.4 Å². The zero-order valence-electron chi connectivity index (χ0n) is 14.6. The average Bonchev–Trinajstić information content (AvgIpc) is 2.91. The number of amides is 1. The van der Waals surface area contributed by atoms with Crippen molar-refractivity contribution in [1.82, 2.24) is 20.3 Å². The molecule has 0 radical (unpaired) electrons. The molecule has 3 heterocycles. The fourth-order valence-electron chi connectivity index (χ4n) is 2.76. The number of rotatable bonds is 5. The molecule has 10 heteroatoms. The second-order valence-corrected chi connectivity index (χ2v) is 6.94. The van der Waals surface area contributed by atoms with Crippen molar-refractivity contribution in [2.24, 2.45) is 0 Å². The number of hydrogen-bond donors (Lipinski definition) is 2. The van der Waals surface area contributed by atoms with Crippen LogP contribution in [0.3, 0.4) is 0 Å². The molecule has 0 bridgehead atoms. The van der Waals surface area contributed by atoms with Gasteiger partial charge in [-0.25, -0.2) is 15.0 Å². The predicted octanol–water partition coefficient (Wildman–Crippen LogP) is 0.666. The maximum atomic E-state index is 12.0. The lowest BCUT2D eigenvalue weighted by Gasteiger charge is -2.17. The second-order valence-electron chi connectivity index (χ2n) is 5.87. The first kappa shape index (κ1) is 18.1. The number of nitrogens with zero attached hydrogens (tertiary/aromatic N) is 4. The lowest BCUT2D eigenvalue weighted by molar-refractivity contribution is -0.141. The van der Waals surface area contributed by atoms with Crippen LogP contribution >= 0.6 is 11.3 Å². The first-order chi connectivity index (χ1) is 12.5. The van der Waals surface area contributed by atoms with Gasteiger partial charge in [0.05, 0.1) is 18.8 Å². The van der Waals surface area contributed by atoms with E-state index in [0.717, 1.165) is 16.1 Å². The van der Waals surface area contributed by atoms with E-state index in [1.807, 2.05) is 0 Å². The Morgan fingerprint density at radius 1 is 1.46 bits per heavy atom. The van der Waals surface area contributed by atoms with Gasteiger partial charge in [0.15, 0.2) is 5.13 Å². The van der Waals surface area contributed by atoms with Gasteiger partial charge in [0.25, 0.3) is 0 Å². The quantitative estimate of drug-likeness (QED) is 0.730. The Labute approximate surface area is 154 Å². The normalized spacial score (nSPS) is 16.4. The molecule has 0 spiro atoms. The number of aromatic nitrogens is 3. The highest BCUT2D eigenvalue weighted by atomic mass is 32.1. The second kappa shape index (κ2) is 7.65. The molecule has 3 rings (SSSR count). The van der Waals surface area contributed by atoms with E-state index in [4.69, 9.17) is 10.5 Å². The lowest BCUT2D eigenvalue weighted by Crippen LogP contribution is -2.28. The summed E-state index contributed by atoms with van der Waals surface area (Å²) in [6.45, 7) is 2.52. The number of nitrogens with two attached hydrogens (primary N) is 1. The van der Waals surface area contributed by atoms with Gasteiger partial charge in [0, 0.05) is 36.7 Å². The summed E-state index contributed by atoms with van der Waals surface area (Å²) in [6.07, 6.45) is 3.63. The fourth-order valence-corrected chi connectivity index (χ4v) is 3.74. The molecule has 26 heavy (non-hydrogen) atoms. The smallest absolute Gasteiger partial charge is 0.325 e. The van der Waals surface area contributed by atoms with Crippen LogP contribution in [-0.2, 0) is 20.9 Å². The van der Waals surface area contributed by atoms with E-state index in [-0.39, 0.29) is 30.8 Å². The van der Waals surface area contributed by atoms with Crippen molar-refractivity contribution in [3.8, 4) is 0 Å². The molecule has 3 N–H and O–H groups in total. The number of fused-ring (bicyclic) bond motifs is 1. The minimum atomic E-state index is -0.340. The van der Waals surface area contributed by atoms with E-state index in [1.165, 1.54) is 11.3 Å². The van der Waals surface area contributed by atoms with E-state index in [9.17, 15) is 9.59 Å². The number of carbonyl (C=O) groups is 2. The maximum absolute atomic E-state index is 12.0. The zero-order valence-corrected chi connectivity index (χ0v) is 15.4. The van der Waals surface area contributed by atoms with Gasteiger partial charge >= 0.3 is 5.97 Å². The molecule has 2 aromatic rings. The molecule has 2 aromatic heterocycles. The molecule has 1 aliphatic heterocycles. The number of hydrogen-bond acceptors (Lipinski definition) is 9. The van der Waals surface area contributed by atoms with Crippen molar-refractivity contribution in [2.45, 2.75) is 25.8 Å². The van der Waals surface area contributed by atoms with Crippen molar-refractivity contribution in [2.75, 3.05) is 30.8 Å². The molecule has 1 atom stereocenters. The van der Waals surface area contributed by atoms with Gasteiger partial charge in [-0.05, 0) is 12.5 Å². The molecule has 138 valence electrons. The largest absolute Gasteiger partial charge is 0.465 e. The van der Waals surface area contributed by atoms with Gasteiger partial charge in [-0.15, -0.1) is 11.3 Å². The van der Waals surface area contributed by atoms with Gasteiger partial charge in [-0.2, -0.15) is 0 Å². The van der Waals surface area contributed by atoms with Crippen molar-refractivity contribution in [3.63, 3.8) is 0 Å². The van der Waals surface area contributed by atoms with Gasteiger partial charge in [-0.3, -0.25) is 9.59 Å². The monoisotopic (exact) mass is 376 g/mol. The van der Waals surface area contributed by atoms with Gasteiger partial charge in [0.1, 0.15) is 6.54 Å². The van der Waals surface area contributed by atoms with Gasteiger partial charge in [-0.1, -0.05) is 0 Å². The number of ether oxygens (including phenoxy) is 1. The number of carbonyl (C=O) groups excluding carboxylic acids is 2. The number of nitrogens with one attached hydrogen (secondary N) is 1. The molecule has 9 nitrogen and oxygen atoms in total. The predicted molar refractivity (Wildman–Crippen MR) is 96.8 cm³/mol. The lowest BCUT2D eigenvalue weighted by atomic mass is 9.96. The number of likely N-dealkylation sites (N-methyl/N-ethyl adjacent to an activating group) is 1. The van der Waals surface area contributed by atoms with Gasteiger partial charge < -0.3 is 20.7 Å². The van der Waals surface area contributed by atoms with Crippen LogP contribution < -0.4 is 16.0 Å². The summed E-state index contributed by atoms with van der Waals surface area (Å²) in [7, 11) is 1.72. The van der Waals surface area contributed by atoms with E-state index < -0.39 is 0 Å². The average molecular weight is 376 g/mol. The molecule has 0 aliphatic carbocycles. The third-order valence-electron chi connectivity index (χ3n) is 3.98. The summed E-state index contributed by atoms with van der Waals surface area (Å²) in [5, 5.41) is 3.30. The number of thiazole rings is 1. The van der Waals surface area contributed by atoms with Crippen molar-refractivity contribution >= 4 is 34.3 Å². The molecular formula is C16H20N6O3S. The van der Waals surface area contributed by atoms with E-state index in [0.29, 0.717) is 24.2 Å². The molecule has 1 aliphatic rings. The summed E-state index contributed by atoms with van der Waals surface area (Å²) >= 11 is 1.38. The van der Waals surface area contributed by atoms with E-state index in [2.05, 4.69) is 20.3 Å². The first-order valence-corrected chi connectivity index (χ1v) is 9.00. The number of anilines is 2. The van der Waals surface area contributed by atoms with Crippen LogP contribution in [0.5, 0.6) is 0 Å². The van der Waals surface area contributed by atoms with Crippen LogP contribution in [0.2, 0.25) is 0 Å². The summed E-state index contributed by atoms with van der Waals surface area (Å²) in [4.78, 5) is 39.1. The molecular weight excluding hydrogens is 356 g/mol. The van der Waals surface area contributed by atoms with Crippen LogP contribution in [0.4, 0.5) is 11.1 Å². The van der Waals surface area contributed by atoms with Crippen molar-refractivity contribution < 1.29 is 14.3 Å². The fraction of sp³-hybridized carbons (Fsp3) is 0.438. The molecule has 1 amide bonds. The Hall–Kier alpha value is -2.75. The van der Waals surface area contributed by atoms with Gasteiger partial charge in [0.2, 0.25) is 11.9 Å². The first-order valence-electron chi connectivity index (χ1n) is 8.18. The highest BCUT2D eigenvalue weighted by Gasteiger charge is 2.28. The minimum Gasteiger partial charge on any atom is -0.465 e. The molecule has 0 saturated heterocycles. The molecule has 0 fully saturated rings. The Bertz CT molecular complexity index is 807. The summed E-state index contributed by atoms with van der Waals surface area (Å²) in [6, 6.07) is 0. The Balaban J connectivity index is 1.81. The van der Waals surface area contributed by atoms with Crippen molar-refractivity contribution in [1.29, 1.82) is 0 Å². The summed E-state index contributed by atoms with van der Waals surface area (Å²) in [5.74, 6) is -0.175. The summed E-state index contributed by atoms with van der Waals surface area (Å²) < 4.78 is 4.92. The number of nitrogen functional groups attached to an aromatic ring is 1. The Morgan fingerprint density at radius 2 is 2.19 bits per heavy atom. The maximum Gasteiger partial charge on any atom is 0.325 e. The zero-order chi connectivity index (χ0) is 18.7. The third-order valence-corrected chi connectivity index (χ3v) is 5.02. The number of esters is 1. The van der Waals surface area contributed by atoms with Crippen molar-refractivity contribution in [3.05, 3.63) is 28.5 Å². The Morgan fingerprint density at radius 3 is 2.88 bits per heavy atom. The van der Waals surface area contributed by atoms with Crippen LogP contribution in [-0.4, -0.2) is 47.0 Å². The standard InChI is InChI=1S/C16H20N6O3S/c1-3-25-13(24)8-22(2)16-19-5-9(6-20-16)10-4-12(23)18-7-11-14(10)26-15(17)21-11/h5-6,10H,3-4,7-8H2,1-2H3,(H2,17,21)(H,18,23). The molecule has 0 saturated carbocycles. The van der Waals surface area contributed by atoms with E-state index in [1.54, 1.807) is 31.3 Å². The highest BCUT2D eigenvalue weighted by molar-refractivity contribution is 7.15. The van der Waals surface area contributed by atoms with Crippen LogP contribution in [0.25, 0.3) is 0 Å². The van der Waals surface area contributed by atoms with Crippen LogP contribution in [0, 0.1) is 0 Å². The molecule has 1 unspecified atom stereocenters. The summed E-state index contributed by atoms with van der Waals surface area (Å²) in [5.41, 5.74) is 7.42. The topological polar surface area (TPSA) is 123 Å². The van der Waals surface area contributed by atoms with Crippen LogP contribution in [0.1, 0.15) is 35.4 Å². The SMILES string of the molecule is CCOC(=O)CN(C)c1ncc(C2CC(=O)NCc3nc(N)sc32)cn1. The third kappa shape index (κ3) is 3.90. The Kier molecular flexibility index (Phi) is 5.31. The van der Waals surface area contributed by atoms with E-state index >= 15 is 0 Å².